The molecule has 0 saturated heterocycles. The van der Waals surface area contributed by atoms with Gasteiger partial charge in [0.15, 0.2) is 0 Å². The summed E-state index contributed by atoms with van der Waals surface area (Å²) in [6, 6.07) is 21.1. The quantitative estimate of drug-likeness (QED) is 0.318. The Bertz CT molecular complexity index is 1720. The van der Waals surface area contributed by atoms with Crippen molar-refractivity contribution >= 4 is 17.5 Å². The number of halogens is 1. The Morgan fingerprint density at radius 3 is 2.54 bits per heavy atom. The molecule has 6 rings (SSSR count). The number of pyridine rings is 2. The highest BCUT2D eigenvalue weighted by Crippen LogP contribution is 2.44. The summed E-state index contributed by atoms with van der Waals surface area (Å²) >= 11 is 0. The van der Waals surface area contributed by atoms with E-state index in [0.717, 1.165) is 40.8 Å². The molecule has 0 unspecified atom stereocenters. The van der Waals surface area contributed by atoms with Crippen molar-refractivity contribution in [3.63, 3.8) is 0 Å². The van der Waals surface area contributed by atoms with Crippen LogP contribution in [0, 0.1) is 12.7 Å². The van der Waals surface area contributed by atoms with E-state index in [1.54, 1.807) is 22.7 Å². The number of benzene rings is 2. The monoisotopic (exact) mass is 519 g/mol. The molecule has 0 radical (unpaired) electrons. The zero-order chi connectivity index (χ0) is 27.1. The van der Waals surface area contributed by atoms with Gasteiger partial charge in [0.25, 0.3) is 11.8 Å². The molecule has 3 N–H and O–H groups in total. The van der Waals surface area contributed by atoms with Gasteiger partial charge in [-0.05, 0) is 90.6 Å². The van der Waals surface area contributed by atoms with Gasteiger partial charge < -0.3 is 11.1 Å². The first-order chi connectivity index (χ1) is 18.8. The van der Waals surface area contributed by atoms with Crippen molar-refractivity contribution in [2.75, 3.05) is 0 Å². The van der Waals surface area contributed by atoms with Crippen molar-refractivity contribution < 1.29 is 14.0 Å². The number of fused-ring (bicyclic) bond motifs is 1. The second-order valence-corrected chi connectivity index (χ2v) is 10.0. The average molecular weight is 520 g/mol. The Labute approximate surface area is 224 Å². The fourth-order valence-electron chi connectivity index (χ4n) is 5.01. The second-order valence-electron chi connectivity index (χ2n) is 10.0. The normalized spacial score (nSPS) is 13.8. The number of carbonyl (C=O) groups is 2. The molecule has 2 aromatic carbocycles. The minimum Gasteiger partial charge on any atom is -0.364 e. The highest BCUT2D eigenvalue weighted by Gasteiger charge is 2.47. The lowest BCUT2D eigenvalue weighted by Crippen LogP contribution is -2.35. The SMILES string of the molecule is Cc1ccc(C(=O)NC2(c3ccccn3)CC2)cc1-c1ccc2nc(Cc3ccc(F)cc3)c(C(N)=O)n2c1. The molecule has 2 amide bonds. The fourth-order valence-corrected chi connectivity index (χ4v) is 5.01. The fraction of sp³-hybridized carbons (Fsp3) is 0.161. The number of rotatable bonds is 7. The number of carbonyl (C=O) groups excluding carboxylic acids is 2. The second kappa shape index (κ2) is 9.47. The lowest BCUT2D eigenvalue weighted by Gasteiger charge is -2.17. The van der Waals surface area contributed by atoms with Crippen LogP contribution in [0.2, 0.25) is 0 Å². The van der Waals surface area contributed by atoms with E-state index < -0.39 is 11.4 Å². The highest BCUT2D eigenvalue weighted by atomic mass is 19.1. The standard InChI is InChI=1S/C31H26FN5O2/c1-19-5-8-21(30(39)36-31(13-14-31)26-4-2-3-15-34-26)17-24(19)22-9-12-27-35-25(28(29(33)38)37(27)18-22)16-20-6-10-23(32)11-7-20/h2-12,15,17-18H,13-14,16H2,1H3,(H2,33,38)(H,36,39). The molecule has 0 aliphatic heterocycles. The first-order valence-electron chi connectivity index (χ1n) is 12.7. The maximum absolute atomic E-state index is 13.4. The van der Waals surface area contributed by atoms with Crippen LogP contribution in [0.4, 0.5) is 4.39 Å². The third-order valence-electron chi connectivity index (χ3n) is 7.28. The van der Waals surface area contributed by atoms with Gasteiger partial charge in [-0.15, -0.1) is 0 Å². The van der Waals surface area contributed by atoms with Gasteiger partial charge in [-0.25, -0.2) is 9.37 Å². The number of hydrogen-bond donors (Lipinski definition) is 2. The van der Waals surface area contributed by atoms with Crippen molar-refractivity contribution in [3.05, 3.63) is 125 Å². The van der Waals surface area contributed by atoms with E-state index in [4.69, 9.17) is 5.73 Å². The lowest BCUT2D eigenvalue weighted by atomic mass is 9.98. The maximum atomic E-state index is 13.4. The summed E-state index contributed by atoms with van der Waals surface area (Å²) in [6.07, 6.45) is 5.59. The molecule has 5 aromatic rings. The van der Waals surface area contributed by atoms with Gasteiger partial charge in [-0.3, -0.25) is 19.0 Å². The van der Waals surface area contributed by atoms with Crippen LogP contribution in [0.5, 0.6) is 0 Å². The Morgan fingerprint density at radius 2 is 1.85 bits per heavy atom. The smallest absolute Gasteiger partial charge is 0.267 e. The Kier molecular flexibility index (Phi) is 5.95. The van der Waals surface area contributed by atoms with Gasteiger partial charge in [0, 0.05) is 24.4 Å². The molecule has 1 fully saturated rings. The van der Waals surface area contributed by atoms with Crippen LogP contribution in [-0.2, 0) is 12.0 Å². The highest BCUT2D eigenvalue weighted by molar-refractivity contribution is 5.97. The van der Waals surface area contributed by atoms with E-state index in [0.29, 0.717) is 23.3 Å². The third-order valence-corrected chi connectivity index (χ3v) is 7.28. The summed E-state index contributed by atoms with van der Waals surface area (Å²) in [5, 5.41) is 3.18. The van der Waals surface area contributed by atoms with Gasteiger partial charge in [-0.1, -0.05) is 24.3 Å². The molecule has 3 aromatic heterocycles. The van der Waals surface area contributed by atoms with Crippen molar-refractivity contribution in [1.29, 1.82) is 0 Å². The van der Waals surface area contributed by atoms with Crippen molar-refractivity contribution in [1.82, 2.24) is 19.7 Å². The van der Waals surface area contributed by atoms with Crippen LogP contribution >= 0.6 is 0 Å². The van der Waals surface area contributed by atoms with E-state index in [9.17, 15) is 14.0 Å². The van der Waals surface area contributed by atoms with E-state index >= 15 is 0 Å². The lowest BCUT2D eigenvalue weighted by molar-refractivity contribution is 0.0928. The number of hydrogen-bond acceptors (Lipinski definition) is 4. The molecular weight excluding hydrogens is 493 g/mol. The minimum atomic E-state index is -0.606. The van der Waals surface area contributed by atoms with Crippen molar-refractivity contribution in [3.8, 4) is 11.1 Å². The Morgan fingerprint density at radius 1 is 1.05 bits per heavy atom. The molecule has 1 aliphatic rings. The molecule has 7 nitrogen and oxygen atoms in total. The first-order valence-corrected chi connectivity index (χ1v) is 12.7. The molecule has 3 heterocycles. The molecule has 8 heteroatoms. The van der Waals surface area contributed by atoms with Crippen LogP contribution in [-0.4, -0.2) is 26.2 Å². The summed E-state index contributed by atoms with van der Waals surface area (Å²) in [7, 11) is 0. The number of nitrogens with one attached hydrogen (secondary N) is 1. The van der Waals surface area contributed by atoms with Crippen LogP contribution < -0.4 is 11.1 Å². The Hall–Kier alpha value is -4.85. The Balaban J connectivity index is 1.34. The molecule has 0 atom stereocenters. The topological polar surface area (TPSA) is 102 Å². The molecule has 194 valence electrons. The predicted octanol–water partition coefficient (Wildman–Crippen LogP) is 4.95. The van der Waals surface area contributed by atoms with Crippen molar-refractivity contribution in [2.45, 2.75) is 31.7 Å². The van der Waals surface area contributed by atoms with Gasteiger partial charge in [0.05, 0.1) is 16.9 Å². The number of nitrogens with zero attached hydrogens (tertiary/aromatic N) is 3. The molecule has 1 saturated carbocycles. The number of nitrogens with two attached hydrogens (primary N) is 1. The number of primary amides is 1. The van der Waals surface area contributed by atoms with Gasteiger partial charge in [0.1, 0.15) is 17.2 Å². The van der Waals surface area contributed by atoms with E-state index in [-0.39, 0.29) is 17.4 Å². The molecule has 1 aliphatic carbocycles. The van der Waals surface area contributed by atoms with E-state index in [2.05, 4.69) is 15.3 Å². The summed E-state index contributed by atoms with van der Waals surface area (Å²) in [4.78, 5) is 34.9. The van der Waals surface area contributed by atoms with Crippen LogP contribution in [0.15, 0.2) is 85.2 Å². The zero-order valence-electron chi connectivity index (χ0n) is 21.3. The van der Waals surface area contributed by atoms with E-state index in [1.807, 2.05) is 61.7 Å². The summed E-state index contributed by atoms with van der Waals surface area (Å²) in [6.45, 7) is 1.97. The average Bonchev–Trinajstić information content (AvgIpc) is 3.62. The molecule has 0 spiro atoms. The summed E-state index contributed by atoms with van der Waals surface area (Å²) < 4.78 is 15.0. The minimum absolute atomic E-state index is 0.164. The molecule has 0 bridgehead atoms. The largest absolute Gasteiger partial charge is 0.364 e. The first kappa shape index (κ1) is 24.5. The summed E-state index contributed by atoms with van der Waals surface area (Å²) in [5.74, 6) is -1.10. The third kappa shape index (κ3) is 4.65. The van der Waals surface area contributed by atoms with E-state index in [1.165, 1.54) is 12.1 Å². The molecule has 39 heavy (non-hydrogen) atoms. The number of aryl methyl sites for hydroxylation is 1. The van der Waals surface area contributed by atoms with Gasteiger partial charge >= 0.3 is 0 Å². The number of imidazole rings is 1. The molecular formula is C31H26FN5O2. The van der Waals surface area contributed by atoms with Crippen LogP contribution in [0.1, 0.15) is 56.2 Å². The van der Waals surface area contributed by atoms with Crippen LogP contribution in [0.25, 0.3) is 16.8 Å². The van der Waals surface area contributed by atoms with Crippen molar-refractivity contribution in [2.24, 2.45) is 5.73 Å². The maximum Gasteiger partial charge on any atom is 0.267 e. The number of amides is 2. The van der Waals surface area contributed by atoms with Crippen LogP contribution in [0.3, 0.4) is 0 Å². The zero-order valence-corrected chi connectivity index (χ0v) is 21.3. The van der Waals surface area contributed by atoms with Gasteiger partial charge in [0.2, 0.25) is 0 Å². The van der Waals surface area contributed by atoms with Gasteiger partial charge in [-0.2, -0.15) is 0 Å². The predicted molar refractivity (Wildman–Crippen MR) is 146 cm³/mol. The number of aromatic nitrogens is 3. The summed E-state index contributed by atoms with van der Waals surface area (Å²) in [5.41, 5.74) is 11.6.